The second kappa shape index (κ2) is 10.8. The summed E-state index contributed by atoms with van der Waals surface area (Å²) in [6, 6.07) is 5.95. The van der Waals surface area contributed by atoms with Gasteiger partial charge in [-0.3, -0.25) is 4.68 Å². The minimum atomic E-state index is -0.496. The highest BCUT2D eigenvalue weighted by Crippen LogP contribution is 2.28. The van der Waals surface area contributed by atoms with Gasteiger partial charge in [0.05, 0.1) is 12.8 Å². The summed E-state index contributed by atoms with van der Waals surface area (Å²) >= 11 is 0. The Morgan fingerprint density at radius 1 is 1.17 bits per heavy atom. The minimum Gasteiger partial charge on any atom is -0.493 e. The van der Waals surface area contributed by atoms with Crippen molar-refractivity contribution < 1.29 is 14.6 Å². The molecule has 0 aliphatic carbocycles. The molecular weight excluding hydrogens is 380 g/mol. The molecule has 0 radical (unpaired) electrons. The number of rotatable bonds is 11. The number of hydrogen-bond donors (Lipinski definition) is 2. The van der Waals surface area contributed by atoms with Gasteiger partial charge in [0.15, 0.2) is 11.5 Å². The summed E-state index contributed by atoms with van der Waals surface area (Å²) in [4.78, 5) is 2.29. The van der Waals surface area contributed by atoms with Crippen LogP contribution in [0.1, 0.15) is 42.3 Å². The Hall–Kier alpha value is -2.09. The molecular formula is C23H36N4O3. The third-order valence-corrected chi connectivity index (χ3v) is 5.79. The van der Waals surface area contributed by atoms with Crippen LogP contribution in [0.3, 0.4) is 0 Å². The SMILES string of the molecule is CCn1nc(C)c(CNCc2ccc(OCC(O)CN3CCCC3)c(OC)c2)c1C. The summed E-state index contributed by atoms with van der Waals surface area (Å²) in [6.07, 6.45) is 1.94. The van der Waals surface area contributed by atoms with Gasteiger partial charge in [-0.2, -0.15) is 5.10 Å². The van der Waals surface area contributed by atoms with Gasteiger partial charge in [-0.15, -0.1) is 0 Å². The van der Waals surface area contributed by atoms with Gasteiger partial charge < -0.3 is 24.8 Å². The predicted octanol–water partition coefficient (Wildman–Crippen LogP) is 2.65. The van der Waals surface area contributed by atoms with Gasteiger partial charge in [0.25, 0.3) is 0 Å². The molecule has 0 amide bonds. The Morgan fingerprint density at radius 2 is 1.93 bits per heavy atom. The fourth-order valence-electron chi connectivity index (χ4n) is 4.07. The minimum absolute atomic E-state index is 0.268. The monoisotopic (exact) mass is 416 g/mol. The van der Waals surface area contributed by atoms with Crippen molar-refractivity contribution in [1.29, 1.82) is 0 Å². The molecule has 30 heavy (non-hydrogen) atoms. The van der Waals surface area contributed by atoms with Crippen LogP contribution >= 0.6 is 0 Å². The molecule has 1 aromatic heterocycles. The number of ether oxygens (including phenoxy) is 2. The molecule has 2 heterocycles. The Kier molecular flexibility index (Phi) is 8.13. The van der Waals surface area contributed by atoms with Crippen LogP contribution < -0.4 is 14.8 Å². The number of aromatic nitrogens is 2. The molecule has 7 nitrogen and oxygen atoms in total. The number of methoxy groups -OCH3 is 1. The summed E-state index contributed by atoms with van der Waals surface area (Å²) in [5, 5.41) is 18.3. The van der Waals surface area contributed by atoms with Crippen molar-refractivity contribution in [3.8, 4) is 11.5 Å². The quantitative estimate of drug-likeness (QED) is 0.587. The number of aliphatic hydroxyl groups is 1. The van der Waals surface area contributed by atoms with E-state index in [1.165, 1.54) is 24.1 Å². The first-order valence-electron chi connectivity index (χ1n) is 11.0. The number of likely N-dealkylation sites (tertiary alicyclic amines) is 1. The topological polar surface area (TPSA) is 71.8 Å². The lowest BCUT2D eigenvalue weighted by molar-refractivity contribution is 0.0747. The second-order valence-corrected chi connectivity index (χ2v) is 8.03. The van der Waals surface area contributed by atoms with E-state index in [1.807, 2.05) is 22.9 Å². The Balaban J connectivity index is 1.51. The van der Waals surface area contributed by atoms with Crippen LogP contribution in [0.25, 0.3) is 0 Å². The molecule has 1 aromatic carbocycles. The number of aliphatic hydroxyl groups excluding tert-OH is 1. The van der Waals surface area contributed by atoms with E-state index < -0.39 is 6.10 Å². The normalized spacial score (nSPS) is 15.5. The summed E-state index contributed by atoms with van der Waals surface area (Å²) in [5.41, 5.74) is 4.68. The van der Waals surface area contributed by atoms with Crippen LogP contribution in [0.15, 0.2) is 18.2 Å². The maximum absolute atomic E-state index is 10.3. The molecule has 3 rings (SSSR count). The first-order chi connectivity index (χ1) is 14.5. The standard InChI is InChI=1S/C23H36N4O3/c1-5-27-18(3)21(17(2)25-27)14-24-13-19-8-9-22(23(12-19)29-4)30-16-20(28)15-26-10-6-7-11-26/h8-9,12,20,24,28H,5-7,10-11,13-16H2,1-4H3. The number of aryl methyl sites for hydroxylation is 2. The van der Waals surface area contributed by atoms with Crippen LogP contribution in [0.4, 0.5) is 0 Å². The van der Waals surface area contributed by atoms with Crippen molar-refractivity contribution in [3.63, 3.8) is 0 Å². The van der Waals surface area contributed by atoms with E-state index in [4.69, 9.17) is 9.47 Å². The fraction of sp³-hybridized carbons (Fsp3) is 0.609. The highest BCUT2D eigenvalue weighted by atomic mass is 16.5. The zero-order valence-corrected chi connectivity index (χ0v) is 18.8. The molecule has 0 saturated carbocycles. The summed E-state index contributed by atoms with van der Waals surface area (Å²) in [6.45, 7) is 11.8. The number of β-amino-alcohol motifs (C(OH)–C–C–N with tert-alkyl or cyclic N) is 1. The van der Waals surface area contributed by atoms with Crippen LogP contribution in [0.2, 0.25) is 0 Å². The van der Waals surface area contributed by atoms with E-state index in [-0.39, 0.29) is 6.61 Å². The maximum atomic E-state index is 10.3. The number of hydrogen-bond acceptors (Lipinski definition) is 6. The van der Waals surface area contributed by atoms with Gasteiger partial charge in [-0.1, -0.05) is 6.07 Å². The largest absolute Gasteiger partial charge is 0.493 e. The van der Waals surface area contributed by atoms with Crippen molar-refractivity contribution >= 4 is 0 Å². The van der Waals surface area contributed by atoms with Crippen LogP contribution in [0.5, 0.6) is 11.5 Å². The van der Waals surface area contributed by atoms with Crippen molar-refractivity contribution in [3.05, 3.63) is 40.7 Å². The van der Waals surface area contributed by atoms with Gasteiger partial charge in [-0.25, -0.2) is 0 Å². The van der Waals surface area contributed by atoms with E-state index in [0.29, 0.717) is 18.0 Å². The molecule has 2 N–H and O–H groups in total. The zero-order chi connectivity index (χ0) is 21.5. The van der Waals surface area contributed by atoms with E-state index in [2.05, 4.69) is 36.1 Å². The van der Waals surface area contributed by atoms with E-state index in [0.717, 1.165) is 44.0 Å². The average Bonchev–Trinajstić information content (AvgIpc) is 3.35. The molecule has 1 atom stereocenters. The smallest absolute Gasteiger partial charge is 0.161 e. The van der Waals surface area contributed by atoms with Gasteiger partial charge in [0.2, 0.25) is 0 Å². The van der Waals surface area contributed by atoms with Gasteiger partial charge in [0, 0.05) is 37.4 Å². The lowest BCUT2D eigenvalue weighted by Gasteiger charge is -2.20. The van der Waals surface area contributed by atoms with Gasteiger partial charge >= 0.3 is 0 Å². The van der Waals surface area contributed by atoms with Crippen molar-refractivity contribution in [1.82, 2.24) is 20.0 Å². The lowest BCUT2D eigenvalue weighted by atomic mass is 10.1. The number of nitrogens with zero attached hydrogens (tertiary/aromatic N) is 3. The fourth-order valence-corrected chi connectivity index (χ4v) is 4.07. The summed E-state index contributed by atoms with van der Waals surface area (Å²) < 4.78 is 13.4. The molecule has 7 heteroatoms. The molecule has 2 aromatic rings. The Morgan fingerprint density at radius 3 is 2.60 bits per heavy atom. The third kappa shape index (κ3) is 5.74. The molecule has 1 unspecified atom stereocenters. The predicted molar refractivity (Wildman–Crippen MR) is 118 cm³/mol. The van der Waals surface area contributed by atoms with Crippen molar-refractivity contribution in [2.75, 3.05) is 33.4 Å². The third-order valence-electron chi connectivity index (χ3n) is 5.79. The first kappa shape index (κ1) is 22.6. The van der Waals surface area contributed by atoms with Gasteiger partial charge in [-0.05, 0) is 64.4 Å². The Bertz CT molecular complexity index is 815. The maximum Gasteiger partial charge on any atom is 0.161 e. The van der Waals surface area contributed by atoms with Crippen molar-refractivity contribution in [2.45, 2.75) is 59.4 Å². The number of nitrogens with one attached hydrogen (secondary N) is 1. The second-order valence-electron chi connectivity index (χ2n) is 8.03. The van der Waals surface area contributed by atoms with Crippen LogP contribution in [-0.2, 0) is 19.6 Å². The summed E-state index contributed by atoms with van der Waals surface area (Å²) in [5.74, 6) is 1.35. The molecule has 0 bridgehead atoms. The van der Waals surface area contributed by atoms with Crippen molar-refractivity contribution in [2.24, 2.45) is 0 Å². The molecule has 0 spiro atoms. The molecule has 1 aliphatic rings. The van der Waals surface area contributed by atoms with Crippen LogP contribution in [-0.4, -0.2) is 59.2 Å². The van der Waals surface area contributed by atoms with E-state index >= 15 is 0 Å². The molecule has 1 saturated heterocycles. The first-order valence-corrected chi connectivity index (χ1v) is 11.0. The average molecular weight is 417 g/mol. The Labute approximate surface area is 180 Å². The highest BCUT2D eigenvalue weighted by molar-refractivity contribution is 5.43. The van der Waals surface area contributed by atoms with E-state index in [1.54, 1.807) is 7.11 Å². The summed E-state index contributed by atoms with van der Waals surface area (Å²) in [7, 11) is 1.64. The number of benzene rings is 1. The van der Waals surface area contributed by atoms with Gasteiger partial charge in [0.1, 0.15) is 12.7 Å². The molecule has 166 valence electrons. The highest BCUT2D eigenvalue weighted by Gasteiger charge is 2.17. The van der Waals surface area contributed by atoms with Crippen LogP contribution in [0, 0.1) is 13.8 Å². The zero-order valence-electron chi connectivity index (χ0n) is 18.8. The van der Waals surface area contributed by atoms with E-state index in [9.17, 15) is 5.11 Å². The molecule has 1 fully saturated rings. The lowest BCUT2D eigenvalue weighted by Crippen LogP contribution is -2.33. The molecule has 1 aliphatic heterocycles.